The lowest BCUT2D eigenvalue weighted by Gasteiger charge is -2.12. The van der Waals surface area contributed by atoms with E-state index in [0.717, 1.165) is 12.2 Å². The Hall–Kier alpha value is -4.06. The molecule has 1 heterocycles. The normalized spacial score (nSPS) is 11.2. The molecule has 3 aromatic rings. The highest BCUT2D eigenvalue weighted by molar-refractivity contribution is 5.79. The highest BCUT2D eigenvalue weighted by Gasteiger charge is 2.16. The Kier molecular flexibility index (Phi) is 8.24. The number of rotatable bonds is 9. The molecule has 0 unspecified atom stereocenters. The van der Waals surface area contributed by atoms with Crippen molar-refractivity contribution in [3.05, 3.63) is 71.2 Å². The fourth-order valence-electron chi connectivity index (χ4n) is 3.21. The van der Waals surface area contributed by atoms with Crippen LogP contribution in [0.25, 0.3) is 5.69 Å². The van der Waals surface area contributed by atoms with E-state index >= 15 is 0 Å². The van der Waals surface area contributed by atoms with Gasteiger partial charge in [0.1, 0.15) is 35.6 Å². The fourth-order valence-corrected chi connectivity index (χ4v) is 3.21. The summed E-state index contributed by atoms with van der Waals surface area (Å²) in [6.45, 7) is 3.78. The Bertz CT molecular complexity index is 1120. The molecule has 0 saturated carbocycles. The number of hydrogen-bond donors (Lipinski definition) is 3. The third kappa shape index (κ3) is 6.46. The van der Waals surface area contributed by atoms with Gasteiger partial charge < -0.3 is 21.1 Å². The van der Waals surface area contributed by atoms with Gasteiger partial charge in [-0.25, -0.2) is 9.07 Å². The van der Waals surface area contributed by atoms with Gasteiger partial charge in [0, 0.05) is 13.6 Å². The SMILES string of the molecule is CN=C(NCCCc1nn(-c2ccc(F)cc2)c(N)c1C#N)NCCOc1ccc(C)cc1. The molecular weight excluding hydrogens is 421 g/mol. The fraction of sp³-hybridized carbons (Fsp3) is 0.292. The number of aromatic nitrogens is 2. The van der Waals surface area contributed by atoms with Gasteiger partial charge >= 0.3 is 0 Å². The lowest BCUT2D eigenvalue weighted by Crippen LogP contribution is -2.39. The summed E-state index contributed by atoms with van der Waals surface area (Å²) in [5.41, 5.74) is 8.85. The monoisotopic (exact) mass is 449 g/mol. The predicted molar refractivity (Wildman–Crippen MR) is 127 cm³/mol. The van der Waals surface area contributed by atoms with Crippen molar-refractivity contribution in [2.45, 2.75) is 19.8 Å². The van der Waals surface area contributed by atoms with Crippen molar-refractivity contribution >= 4 is 11.8 Å². The molecule has 0 aliphatic carbocycles. The van der Waals surface area contributed by atoms with Gasteiger partial charge in [-0.1, -0.05) is 17.7 Å². The summed E-state index contributed by atoms with van der Waals surface area (Å²) in [6.07, 6.45) is 1.27. The zero-order valence-electron chi connectivity index (χ0n) is 18.8. The van der Waals surface area contributed by atoms with Crippen LogP contribution in [0.5, 0.6) is 5.75 Å². The second-order valence-corrected chi connectivity index (χ2v) is 7.40. The van der Waals surface area contributed by atoms with Crippen LogP contribution in [-0.2, 0) is 6.42 Å². The molecule has 2 aromatic carbocycles. The number of guanidine groups is 1. The Balaban J connectivity index is 1.45. The Morgan fingerprint density at radius 1 is 1.15 bits per heavy atom. The number of halogens is 1. The first kappa shape index (κ1) is 23.6. The summed E-state index contributed by atoms with van der Waals surface area (Å²) >= 11 is 0. The summed E-state index contributed by atoms with van der Waals surface area (Å²) in [5.74, 6) is 1.40. The Morgan fingerprint density at radius 3 is 2.52 bits per heavy atom. The van der Waals surface area contributed by atoms with Gasteiger partial charge in [-0.2, -0.15) is 10.4 Å². The maximum Gasteiger partial charge on any atom is 0.191 e. The van der Waals surface area contributed by atoms with E-state index in [4.69, 9.17) is 10.5 Å². The number of nitriles is 1. The van der Waals surface area contributed by atoms with E-state index in [1.165, 1.54) is 22.4 Å². The molecule has 1 aromatic heterocycles. The summed E-state index contributed by atoms with van der Waals surface area (Å²) < 4.78 is 20.4. The number of nitrogens with zero attached hydrogens (tertiary/aromatic N) is 4. The molecule has 0 fully saturated rings. The van der Waals surface area contributed by atoms with Gasteiger partial charge in [0.05, 0.1) is 17.9 Å². The number of nitrogen functional groups attached to an aromatic ring is 1. The van der Waals surface area contributed by atoms with Gasteiger partial charge in [-0.3, -0.25) is 4.99 Å². The highest BCUT2D eigenvalue weighted by atomic mass is 19.1. The third-order valence-corrected chi connectivity index (χ3v) is 4.97. The first-order chi connectivity index (χ1) is 16.0. The summed E-state index contributed by atoms with van der Waals surface area (Å²) in [4.78, 5) is 4.20. The van der Waals surface area contributed by atoms with Crippen LogP contribution in [0, 0.1) is 24.1 Å². The van der Waals surface area contributed by atoms with Gasteiger partial charge in [0.15, 0.2) is 5.96 Å². The van der Waals surface area contributed by atoms with E-state index in [1.54, 1.807) is 19.2 Å². The first-order valence-corrected chi connectivity index (χ1v) is 10.7. The quantitative estimate of drug-likeness (QED) is 0.263. The molecule has 8 nitrogen and oxygen atoms in total. The van der Waals surface area contributed by atoms with Gasteiger partial charge in [0.2, 0.25) is 0 Å². The minimum Gasteiger partial charge on any atom is -0.492 e. The summed E-state index contributed by atoms with van der Waals surface area (Å²) in [6, 6.07) is 15.8. The van der Waals surface area contributed by atoms with Crippen LogP contribution >= 0.6 is 0 Å². The summed E-state index contributed by atoms with van der Waals surface area (Å²) in [7, 11) is 1.70. The first-order valence-electron chi connectivity index (χ1n) is 10.7. The van der Waals surface area contributed by atoms with Gasteiger partial charge in [-0.15, -0.1) is 0 Å². The van der Waals surface area contributed by atoms with Crippen LogP contribution in [0.2, 0.25) is 0 Å². The second kappa shape index (κ2) is 11.5. The van der Waals surface area contributed by atoms with Crippen LogP contribution in [-0.4, -0.2) is 42.5 Å². The van der Waals surface area contributed by atoms with Crippen molar-refractivity contribution in [1.29, 1.82) is 5.26 Å². The lowest BCUT2D eigenvalue weighted by molar-refractivity contribution is 0.322. The molecule has 33 heavy (non-hydrogen) atoms. The number of benzene rings is 2. The van der Waals surface area contributed by atoms with E-state index in [0.29, 0.717) is 49.0 Å². The van der Waals surface area contributed by atoms with Crippen molar-refractivity contribution in [2.75, 3.05) is 32.5 Å². The number of nitrogens with two attached hydrogens (primary N) is 1. The average molecular weight is 450 g/mol. The minimum atomic E-state index is -0.347. The van der Waals surface area contributed by atoms with E-state index < -0.39 is 0 Å². The topological polar surface area (TPSA) is 113 Å². The molecule has 172 valence electrons. The van der Waals surface area contributed by atoms with Crippen LogP contribution in [0.15, 0.2) is 53.5 Å². The number of hydrogen-bond acceptors (Lipinski definition) is 5. The largest absolute Gasteiger partial charge is 0.492 e. The van der Waals surface area contributed by atoms with Crippen molar-refractivity contribution in [1.82, 2.24) is 20.4 Å². The van der Waals surface area contributed by atoms with E-state index in [9.17, 15) is 9.65 Å². The molecule has 0 aliphatic rings. The van der Waals surface area contributed by atoms with E-state index in [1.807, 2.05) is 31.2 Å². The molecule has 4 N–H and O–H groups in total. The molecule has 0 bridgehead atoms. The number of ether oxygens (including phenoxy) is 1. The molecule has 9 heteroatoms. The van der Waals surface area contributed by atoms with Crippen molar-refractivity contribution in [2.24, 2.45) is 4.99 Å². The smallest absolute Gasteiger partial charge is 0.191 e. The predicted octanol–water partition coefficient (Wildman–Crippen LogP) is 2.95. The Labute approximate surface area is 192 Å². The molecular formula is C24H28FN7O. The Morgan fingerprint density at radius 2 is 1.85 bits per heavy atom. The number of aryl methyl sites for hydroxylation is 2. The molecule has 0 aliphatic heterocycles. The summed E-state index contributed by atoms with van der Waals surface area (Å²) in [5, 5.41) is 20.4. The van der Waals surface area contributed by atoms with Crippen LogP contribution in [0.1, 0.15) is 23.2 Å². The van der Waals surface area contributed by atoms with Crippen LogP contribution in [0.4, 0.5) is 10.2 Å². The van der Waals surface area contributed by atoms with E-state index in [2.05, 4.69) is 26.8 Å². The lowest BCUT2D eigenvalue weighted by atomic mass is 10.1. The maximum atomic E-state index is 13.2. The standard InChI is InChI=1S/C24H28FN7O/c1-17-5-11-20(12-6-17)33-15-14-30-24(28-2)29-13-3-4-22-21(16-26)23(27)32(31-22)19-9-7-18(25)8-10-19/h5-12H,3-4,13-15,27H2,1-2H3,(H2,28,29,30). The van der Waals surface area contributed by atoms with Gasteiger partial charge in [-0.05, 0) is 56.2 Å². The van der Waals surface area contributed by atoms with Crippen LogP contribution in [0.3, 0.4) is 0 Å². The van der Waals surface area contributed by atoms with E-state index in [-0.39, 0.29) is 11.6 Å². The number of aliphatic imine (C=N–C) groups is 1. The molecule has 0 amide bonds. The molecule has 0 saturated heterocycles. The van der Waals surface area contributed by atoms with Crippen molar-refractivity contribution in [3.63, 3.8) is 0 Å². The second-order valence-electron chi connectivity index (χ2n) is 7.40. The third-order valence-electron chi connectivity index (χ3n) is 4.97. The maximum absolute atomic E-state index is 13.2. The minimum absolute atomic E-state index is 0.248. The highest BCUT2D eigenvalue weighted by Crippen LogP contribution is 2.21. The van der Waals surface area contributed by atoms with Crippen LogP contribution < -0.4 is 21.1 Å². The molecule has 0 atom stereocenters. The number of nitrogens with one attached hydrogen (secondary N) is 2. The zero-order chi connectivity index (χ0) is 23.6. The zero-order valence-corrected chi connectivity index (χ0v) is 18.8. The molecule has 3 rings (SSSR count). The molecule has 0 radical (unpaired) electrons. The average Bonchev–Trinajstić information content (AvgIpc) is 3.14. The van der Waals surface area contributed by atoms with Gasteiger partial charge in [0.25, 0.3) is 0 Å². The van der Waals surface area contributed by atoms with Crippen molar-refractivity contribution < 1.29 is 9.13 Å². The molecule has 0 spiro atoms. The van der Waals surface area contributed by atoms with Crippen molar-refractivity contribution in [3.8, 4) is 17.5 Å². The number of anilines is 1.